The van der Waals surface area contributed by atoms with Gasteiger partial charge in [-0.3, -0.25) is 9.59 Å². The van der Waals surface area contributed by atoms with E-state index in [4.69, 9.17) is 10.5 Å². The summed E-state index contributed by atoms with van der Waals surface area (Å²) in [5, 5.41) is 3.42. The summed E-state index contributed by atoms with van der Waals surface area (Å²) in [5.74, 6) is -0.0501. The lowest BCUT2D eigenvalue weighted by molar-refractivity contribution is 0.100. The lowest BCUT2D eigenvalue weighted by Gasteiger charge is -2.11. The summed E-state index contributed by atoms with van der Waals surface area (Å²) in [4.78, 5) is 25.7. The first-order valence-corrected chi connectivity index (χ1v) is 10.3. The maximum Gasteiger partial charge on any atom is 0.256 e. The Morgan fingerprint density at radius 1 is 1.31 bits per heavy atom. The molecule has 3 N–H and O–H groups in total. The van der Waals surface area contributed by atoms with Crippen LogP contribution in [0.2, 0.25) is 0 Å². The number of aryl methyl sites for hydroxylation is 1. The first-order chi connectivity index (χ1) is 12.5. The molecule has 0 fully saturated rings. The molecule has 2 aromatic rings. The Morgan fingerprint density at radius 3 is 2.77 bits per heavy atom. The Hall–Kier alpha value is -1.86. The van der Waals surface area contributed by atoms with Crippen molar-refractivity contribution < 1.29 is 14.3 Å². The second kappa shape index (κ2) is 8.22. The molecule has 5 nitrogen and oxygen atoms in total. The number of anilines is 1. The number of hydrogen-bond acceptors (Lipinski definition) is 4. The number of carbonyl (C=O) groups excluding carboxylic acids is 2. The fourth-order valence-electron chi connectivity index (χ4n) is 3.06. The maximum absolute atomic E-state index is 12.7. The highest BCUT2D eigenvalue weighted by Crippen LogP contribution is 2.38. The van der Waals surface area contributed by atoms with E-state index in [9.17, 15) is 9.59 Å². The Balaban J connectivity index is 1.83. The minimum atomic E-state index is -0.482. The molecular formula is C19H21BrN2O3S. The van der Waals surface area contributed by atoms with E-state index in [1.54, 1.807) is 18.2 Å². The molecule has 1 heterocycles. The summed E-state index contributed by atoms with van der Waals surface area (Å²) < 4.78 is 6.33. The summed E-state index contributed by atoms with van der Waals surface area (Å²) in [5.41, 5.74) is 7.55. The molecule has 0 atom stereocenters. The van der Waals surface area contributed by atoms with Gasteiger partial charge in [-0.15, -0.1) is 11.3 Å². The van der Waals surface area contributed by atoms with Crippen molar-refractivity contribution in [2.45, 2.75) is 39.0 Å². The number of thiophene rings is 1. The lowest BCUT2D eigenvalue weighted by Crippen LogP contribution is -2.18. The van der Waals surface area contributed by atoms with Gasteiger partial charge in [0.25, 0.3) is 11.8 Å². The predicted octanol–water partition coefficient (Wildman–Crippen LogP) is 4.53. The minimum absolute atomic E-state index is 0.270. The predicted molar refractivity (Wildman–Crippen MR) is 107 cm³/mol. The van der Waals surface area contributed by atoms with Gasteiger partial charge in [0, 0.05) is 10.4 Å². The summed E-state index contributed by atoms with van der Waals surface area (Å²) in [6.07, 6.45) is 4.84. The van der Waals surface area contributed by atoms with Crippen molar-refractivity contribution in [1.29, 1.82) is 0 Å². The zero-order valence-corrected chi connectivity index (χ0v) is 17.0. The molecule has 26 heavy (non-hydrogen) atoms. The first kappa shape index (κ1) is 18.9. The molecule has 2 amide bonds. The first-order valence-electron chi connectivity index (χ1n) is 8.69. The van der Waals surface area contributed by atoms with Gasteiger partial charge in [0.2, 0.25) is 0 Å². The summed E-state index contributed by atoms with van der Waals surface area (Å²) in [7, 11) is 0. The second-order valence-corrected chi connectivity index (χ2v) is 8.19. The molecule has 0 saturated carbocycles. The van der Waals surface area contributed by atoms with Crippen molar-refractivity contribution in [3.63, 3.8) is 0 Å². The van der Waals surface area contributed by atoms with Gasteiger partial charge >= 0.3 is 0 Å². The smallest absolute Gasteiger partial charge is 0.256 e. The monoisotopic (exact) mass is 436 g/mol. The van der Waals surface area contributed by atoms with E-state index in [1.165, 1.54) is 11.3 Å². The number of amides is 2. The summed E-state index contributed by atoms with van der Waals surface area (Å²) >= 11 is 4.90. The van der Waals surface area contributed by atoms with Gasteiger partial charge in [-0.2, -0.15) is 0 Å². The number of rotatable bonds is 6. The van der Waals surface area contributed by atoms with Gasteiger partial charge in [-0.25, -0.2) is 0 Å². The fourth-order valence-corrected chi connectivity index (χ4v) is 4.84. The van der Waals surface area contributed by atoms with Crippen LogP contribution in [0.25, 0.3) is 0 Å². The molecule has 0 bridgehead atoms. The van der Waals surface area contributed by atoms with Crippen LogP contribution in [-0.4, -0.2) is 18.4 Å². The molecule has 0 saturated heterocycles. The zero-order chi connectivity index (χ0) is 18.7. The molecular weight excluding hydrogens is 416 g/mol. The highest BCUT2D eigenvalue weighted by Gasteiger charge is 2.25. The van der Waals surface area contributed by atoms with Crippen LogP contribution in [0.5, 0.6) is 5.75 Å². The van der Waals surface area contributed by atoms with Crippen molar-refractivity contribution in [2.75, 3.05) is 11.9 Å². The molecule has 1 aliphatic rings. The van der Waals surface area contributed by atoms with Crippen molar-refractivity contribution in [3.8, 4) is 5.75 Å². The van der Waals surface area contributed by atoms with Gasteiger partial charge in [0.05, 0.1) is 16.6 Å². The molecule has 0 aliphatic heterocycles. The number of fused-ring (bicyclic) bond motifs is 1. The standard InChI is InChI=1S/C19H21BrN2O3S/c1-2-9-25-14-8-7-11(10-13(14)20)18(24)22-19-16(17(21)23)12-5-3-4-6-15(12)26-19/h7-8,10H,2-6,9H2,1H3,(H2,21,23)(H,22,24). The topological polar surface area (TPSA) is 81.4 Å². The van der Waals surface area contributed by atoms with E-state index in [-0.39, 0.29) is 5.91 Å². The van der Waals surface area contributed by atoms with Crippen molar-refractivity contribution in [1.82, 2.24) is 0 Å². The third-order valence-corrected chi connectivity index (χ3v) is 6.13. The zero-order valence-electron chi connectivity index (χ0n) is 14.6. The largest absolute Gasteiger partial charge is 0.492 e. The number of primary amides is 1. The van der Waals surface area contributed by atoms with Gasteiger partial charge in [-0.1, -0.05) is 6.92 Å². The lowest BCUT2D eigenvalue weighted by atomic mass is 9.95. The van der Waals surface area contributed by atoms with Gasteiger partial charge in [0.15, 0.2) is 0 Å². The number of carbonyl (C=O) groups is 2. The Kier molecular flexibility index (Phi) is 5.98. The van der Waals surface area contributed by atoms with Crippen LogP contribution in [0.15, 0.2) is 22.7 Å². The second-order valence-electron chi connectivity index (χ2n) is 6.23. The van der Waals surface area contributed by atoms with Crippen LogP contribution in [0, 0.1) is 0 Å². The molecule has 7 heteroatoms. The van der Waals surface area contributed by atoms with Crippen LogP contribution >= 0.6 is 27.3 Å². The average molecular weight is 437 g/mol. The minimum Gasteiger partial charge on any atom is -0.492 e. The normalized spacial score (nSPS) is 13.2. The van der Waals surface area contributed by atoms with E-state index in [1.807, 2.05) is 6.92 Å². The number of ether oxygens (including phenoxy) is 1. The Morgan fingerprint density at radius 2 is 2.08 bits per heavy atom. The number of nitrogens with one attached hydrogen (secondary N) is 1. The third kappa shape index (κ3) is 3.94. The molecule has 1 aromatic heterocycles. The van der Waals surface area contributed by atoms with Crippen molar-refractivity contribution in [3.05, 3.63) is 44.2 Å². The van der Waals surface area contributed by atoms with Crippen LogP contribution < -0.4 is 15.8 Å². The number of hydrogen-bond donors (Lipinski definition) is 2. The van der Waals surface area contributed by atoms with Crippen LogP contribution in [0.1, 0.15) is 57.3 Å². The van der Waals surface area contributed by atoms with Gasteiger partial charge in [-0.05, 0) is 71.8 Å². The van der Waals surface area contributed by atoms with Gasteiger partial charge in [0.1, 0.15) is 10.8 Å². The highest BCUT2D eigenvalue weighted by molar-refractivity contribution is 9.10. The van der Waals surface area contributed by atoms with Gasteiger partial charge < -0.3 is 15.8 Å². The Bertz CT molecular complexity index is 848. The maximum atomic E-state index is 12.7. The third-order valence-electron chi connectivity index (χ3n) is 4.30. The molecule has 0 spiro atoms. The molecule has 0 radical (unpaired) electrons. The number of nitrogens with two attached hydrogens (primary N) is 1. The average Bonchev–Trinajstić information content (AvgIpc) is 2.98. The molecule has 3 rings (SSSR count). The van der Waals surface area contributed by atoms with Crippen LogP contribution in [0.3, 0.4) is 0 Å². The van der Waals surface area contributed by atoms with E-state index < -0.39 is 5.91 Å². The summed E-state index contributed by atoms with van der Waals surface area (Å²) in [6.45, 7) is 2.65. The highest BCUT2D eigenvalue weighted by atomic mass is 79.9. The number of halogens is 1. The molecule has 0 unspecified atom stereocenters. The quantitative estimate of drug-likeness (QED) is 0.697. The molecule has 1 aliphatic carbocycles. The van der Waals surface area contributed by atoms with E-state index in [0.717, 1.165) is 47.0 Å². The fraction of sp³-hybridized carbons (Fsp3) is 0.368. The van der Waals surface area contributed by atoms with Crippen molar-refractivity contribution >= 4 is 44.1 Å². The SMILES string of the molecule is CCCOc1ccc(C(=O)Nc2sc3c(c2C(N)=O)CCCC3)cc1Br. The number of benzene rings is 1. The van der Waals surface area contributed by atoms with E-state index in [2.05, 4.69) is 21.2 Å². The summed E-state index contributed by atoms with van der Waals surface area (Å²) in [6, 6.07) is 5.20. The van der Waals surface area contributed by atoms with E-state index in [0.29, 0.717) is 28.5 Å². The molecule has 1 aromatic carbocycles. The van der Waals surface area contributed by atoms with Crippen LogP contribution in [-0.2, 0) is 12.8 Å². The van der Waals surface area contributed by atoms with Crippen molar-refractivity contribution in [2.24, 2.45) is 5.73 Å². The molecule has 138 valence electrons. The van der Waals surface area contributed by atoms with E-state index >= 15 is 0 Å². The van der Waals surface area contributed by atoms with Crippen LogP contribution in [0.4, 0.5) is 5.00 Å². The Labute approximate surface area is 165 Å².